The zero-order valence-corrected chi connectivity index (χ0v) is 16.7. The number of anilines is 2. The van der Waals surface area contributed by atoms with Crippen LogP contribution in [0.25, 0.3) is 10.9 Å². The molecule has 0 bridgehead atoms. The van der Waals surface area contributed by atoms with Gasteiger partial charge in [0.05, 0.1) is 24.0 Å². The van der Waals surface area contributed by atoms with Crippen molar-refractivity contribution >= 4 is 22.4 Å². The van der Waals surface area contributed by atoms with Crippen LogP contribution in [0.5, 0.6) is 0 Å². The Morgan fingerprint density at radius 2 is 2.13 bits per heavy atom. The molecule has 1 fully saturated rings. The van der Waals surface area contributed by atoms with Crippen molar-refractivity contribution in [3.63, 3.8) is 0 Å². The number of fused-ring (bicyclic) bond motifs is 1. The minimum absolute atomic E-state index is 0.0193. The van der Waals surface area contributed by atoms with Crippen LogP contribution in [0, 0.1) is 24.2 Å². The summed E-state index contributed by atoms with van der Waals surface area (Å²) in [6.45, 7) is 1.55. The third-order valence-corrected chi connectivity index (χ3v) is 5.63. The fourth-order valence-corrected chi connectivity index (χ4v) is 3.88. The third-order valence-electron chi connectivity index (χ3n) is 5.63. The molecule has 10 heteroatoms. The van der Waals surface area contributed by atoms with Gasteiger partial charge in [-0.05, 0) is 55.0 Å². The van der Waals surface area contributed by atoms with E-state index in [1.165, 1.54) is 24.4 Å². The standard InChI is InChI=1S/C21H21F3N6O/c1-11-10-13(4-5-14(11)18(26)21(22,23)24)28-19-17-16(7-9-27-20(17)31)30(29-19)15(6-8-25)12-2-3-12/h4-5,7,9-10,12,15,18H,2-3,6,26H2,1H3,(H,27,31)(H,28,29)/t15-,18+/m0/s1. The zero-order chi connectivity index (χ0) is 22.3. The van der Waals surface area contributed by atoms with Crippen molar-refractivity contribution in [2.45, 2.75) is 44.4 Å². The van der Waals surface area contributed by atoms with Crippen LogP contribution in [0.1, 0.15) is 42.5 Å². The third kappa shape index (κ3) is 4.01. The SMILES string of the molecule is Cc1cc(Nc2nn([C@@H](CC#N)C3CC3)c3cc[nH]c(=O)c23)ccc1[C@@H](N)C(F)(F)F. The summed E-state index contributed by atoms with van der Waals surface area (Å²) in [7, 11) is 0. The number of H-pyrrole nitrogens is 1. The summed E-state index contributed by atoms with van der Waals surface area (Å²) in [6.07, 6.45) is -0.739. The molecule has 1 aromatic carbocycles. The number of aromatic amines is 1. The smallest absolute Gasteiger partial charge is 0.338 e. The van der Waals surface area contributed by atoms with Crippen LogP contribution in [0.3, 0.4) is 0 Å². The number of nitriles is 1. The molecule has 2 aromatic heterocycles. The van der Waals surface area contributed by atoms with E-state index in [2.05, 4.69) is 21.5 Å². The van der Waals surface area contributed by atoms with Crippen molar-refractivity contribution in [3.05, 3.63) is 51.9 Å². The summed E-state index contributed by atoms with van der Waals surface area (Å²) >= 11 is 0. The molecule has 4 rings (SSSR count). The van der Waals surface area contributed by atoms with Gasteiger partial charge in [-0.25, -0.2) is 0 Å². The van der Waals surface area contributed by atoms with Crippen molar-refractivity contribution in [1.82, 2.24) is 14.8 Å². The van der Waals surface area contributed by atoms with Crippen molar-refractivity contribution in [2.24, 2.45) is 11.7 Å². The Bertz CT molecular complexity index is 1220. The predicted octanol–water partition coefficient (Wildman–Crippen LogP) is 4.20. The van der Waals surface area contributed by atoms with Gasteiger partial charge in [0, 0.05) is 11.9 Å². The first kappa shape index (κ1) is 20.9. The van der Waals surface area contributed by atoms with E-state index >= 15 is 0 Å². The summed E-state index contributed by atoms with van der Waals surface area (Å²) in [5.41, 5.74) is 6.43. The van der Waals surface area contributed by atoms with Crippen molar-refractivity contribution in [2.75, 3.05) is 5.32 Å². The van der Waals surface area contributed by atoms with E-state index in [1.54, 1.807) is 17.7 Å². The number of rotatable bonds is 6. The van der Waals surface area contributed by atoms with Crippen LogP contribution in [-0.2, 0) is 0 Å². The highest BCUT2D eigenvalue weighted by Crippen LogP contribution is 2.43. The molecular formula is C21H21F3N6O. The normalized spacial score (nSPS) is 16.1. The van der Waals surface area contributed by atoms with Gasteiger partial charge in [-0.2, -0.15) is 23.5 Å². The molecule has 0 saturated heterocycles. The molecule has 162 valence electrons. The maximum Gasteiger partial charge on any atom is 0.407 e. The second-order valence-electron chi connectivity index (χ2n) is 7.84. The van der Waals surface area contributed by atoms with E-state index in [9.17, 15) is 23.2 Å². The molecule has 4 N–H and O–H groups in total. The summed E-state index contributed by atoms with van der Waals surface area (Å²) in [4.78, 5) is 15.2. The molecule has 1 aliphatic rings. The fraction of sp³-hybridized carbons (Fsp3) is 0.381. The minimum Gasteiger partial charge on any atom is -0.338 e. The molecule has 0 amide bonds. The molecule has 3 aromatic rings. The summed E-state index contributed by atoms with van der Waals surface area (Å²) in [5, 5.41) is 17.2. The molecule has 31 heavy (non-hydrogen) atoms. The van der Waals surface area contributed by atoms with Crippen molar-refractivity contribution in [1.29, 1.82) is 5.26 Å². The van der Waals surface area contributed by atoms with Gasteiger partial charge in [0.2, 0.25) is 0 Å². The molecule has 0 unspecified atom stereocenters. The lowest BCUT2D eigenvalue weighted by atomic mass is 10.0. The highest BCUT2D eigenvalue weighted by atomic mass is 19.4. The van der Waals surface area contributed by atoms with Gasteiger partial charge < -0.3 is 16.0 Å². The van der Waals surface area contributed by atoms with E-state index in [4.69, 9.17) is 5.73 Å². The van der Waals surface area contributed by atoms with Gasteiger partial charge in [-0.1, -0.05) is 6.07 Å². The largest absolute Gasteiger partial charge is 0.407 e. The summed E-state index contributed by atoms with van der Waals surface area (Å²) in [6, 6.07) is 6.05. The number of hydrogen-bond acceptors (Lipinski definition) is 5. The first-order valence-corrected chi connectivity index (χ1v) is 9.87. The fourth-order valence-electron chi connectivity index (χ4n) is 3.88. The second-order valence-corrected chi connectivity index (χ2v) is 7.84. The van der Waals surface area contributed by atoms with Gasteiger partial charge in [-0.3, -0.25) is 9.48 Å². The molecule has 0 aliphatic heterocycles. The quantitative estimate of drug-likeness (QED) is 0.542. The lowest BCUT2D eigenvalue weighted by molar-refractivity contribution is -0.149. The summed E-state index contributed by atoms with van der Waals surface area (Å²) < 4.78 is 40.7. The first-order valence-electron chi connectivity index (χ1n) is 9.87. The van der Waals surface area contributed by atoms with E-state index in [-0.39, 0.29) is 29.4 Å². The summed E-state index contributed by atoms with van der Waals surface area (Å²) in [5.74, 6) is 0.619. The molecule has 0 radical (unpaired) electrons. The number of nitrogens with one attached hydrogen (secondary N) is 2. The average molecular weight is 430 g/mol. The second kappa shape index (κ2) is 7.74. The Kier molecular flexibility index (Phi) is 5.23. The van der Waals surface area contributed by atoms with Crippen molar-refractivity contribution in [3.8, 4) is 6.07 Å². The maximum atomic E-state index is 13.0. The van der Waals surface area contributed by atoms with Gasteiger partial charge >= 0.3 is 6.18 Å². The molecule has 0 spiro atoms. The Labute approximate surface area is 175 Å². The molecule has 2 atom stereocenters. The van der Waals surface area contributed by atoms with E-state index in [0.717, 1.165) is 12.8 Å². The van der Waals surface area contributed by atoms with Gasteiger partial charge in [0.1, 0.15) is 11.4 Å². The highest BCUT2D eigenvalue weighted by Gasteiger charge is 2.38. The minimum atomic E-state index is -4.54. The molecule has 2 heterocycles. The molecular weight excluding hydrogens is 409 g/mol. The van der Waals surface area contributed by atoms with Crippen LogP contribution in [0.15, 0.2) is 35.3 Å². The van der Waals surface area contributed by atoms with Gasteiger partial charge in [-0.15, -0.1) is 0 Å². The Hall–Kier alpha value is -3.32. The van der Waals surface area contributed by atoms with E-state index in [0.29, 0.717) is 28.1 Å². The lowest BCUT2D eigenvalue weighted by Gasteiger charge is -2.18. The number of pyridine rings is 1. The number of nitrogens with two attached hydrogens (primary N) is 1. The van der Waals surface area contributed by atoms with Crippen molar-refractivity contribution < 1.29 is 13.2 Å². The van der Waals surface area contributed by atoms with Gasteiger partial charge in [0.15, 0.2) is 5.82 Å². The zero-order valence-electron chi connectivity index (χ0n) is 16.7. The number of halogens is 3. The van der Waals surface area contributed by atoms with Crippen LogP contribution in [-0.4, -0.2) is 20.9 Å². The molecule has 1 aliphatic carbocycles. The number of nitrogens with zero attached hydrogens (tertiary/aromatic N) is 3. The Balaban J connectivity index is 1.73. The first-order chi connectivity index (χ1) is 14.7. The number of benzene rings is 1. The Morgan fingerprint density at radius 3 is 2.74 bits per heavy atom. The monoisotopic (exact) mass is 430 g/mol. The van der Waals surface area contributed by atoms with Crippen LogP contribution < -0.4 is 16.6 Å². The lowest BCUT2D eigenvalue weighted by Crippen LogP contribution is -2.29. The topological polar surface area (TPSA) is 113 Å². The maximum absolute atomic E-state index is 13.0. The number of aromatic nitrogens is 3. The Morgan fingerprint density at radius 1 is 1.39 bits per heavy atom. The molecule has 7 nitrogen and oxygen atoms in total. The van der Waals surface area contributed by atoms with Crippen LogP contribution in [0.4, 0.5) is 24.7 Å². The van der Waals surface area contributed by atoms with E-state index < -0.39 is 12.2 Å². The van der Waals surface area contributed by atoms with Crippen LogP contribution in [0.2, 0.25) is 0 Å². The number of alkyl halides is 3. The van der Waals surface area contributed by atoms with Gasteiger partial charge in [0.25, 0.3) is 5.56 Å². The predicted molar refractivity (Wildman–Crippen MR) is 110 cm³/mol. The number of aryl methyl sites for hydroxylation is 1. The highest BCUT2D eigenvalue weighted by molar-refractivity contribution is 5.91. The number of hydrogen-bond donors (Lipinski definition) is 3. The average Bonchev–Trinajstić information content (AvgIpc) is 3.48. The van der Waals surface area contributed by atoms with E-state index in [1.807, 2.05) is 0 Å². The molecule has 1 saturated carbocycles. The van der Waals surface area contributed by atoms with Crippen LogP contribution >= 0.6 is 0 Å².